The van der Waals surface area contributed by atoms with Crippen LogP contribution in [0.5, 0.6) is 0 Å². The first kappa shape index (κ1) is 13.1. The molecule has 104 valence electrons. The Labute approximate surface area is 122 Å². The lowest BCUT2D eigenvalue weighted by Crippen LogP contribution is -2.11. The Morgan fingerprint density at radius 3 is 2.48 bits per heavy atom. The maximum Gasteiger partial charge on any atom is 0.311 e. The Hall–Kier alpha value is -2.88. The van der Waals surface area contributed by atoms with E-state index in [0.717, 1.165) is 11.1 Å². The number of nitrogens with one attached hydrogen (secondary N) is 1. The van der Waals surface area contributed by atoms with E-state index in [2.05, 4.69) is 10.3 Å². The van der Waals surface area contributed by atoms with Crippen molar-refractivity contribution in [1.82, 2.24) is 4.98 Å². The second-order valence-corrected chi connectivity index (χ2v) is 4.72. The van der Waals surface area contributed by atoms with Crippen molar-refractivity contribution in [3.63, 3.8) is 0 Å². The zero-order chi connectivity index (χ0) is 14.7. The summed E-state index contributed by atoms with van der Waals surface area (Å²) >= 11 is 0. The molecule has 0 unspecified atom stereocenters. The maximum absolute atomic E-state index is 12.1. The second kappa shape index (κ2) is 5.63. The first-order chi connectivity index (χ1) is 10.2. The van der Waals surface area contributed by atoms with E-state index in [0.29, 0.717) is 11.4 Å². The number of carbonyl (C=O) groups is 1. The van der Waals surface area contributed by atoms with Crippen molar-refractivity contribution in [1.29, 1.82) is 0 Å². The third-order valence-electron chi connectivity index (χ3n) is 3.07. The first-order valence-corrected chi connectivity index (χ1v) is 6.61. The highest BCUT2D eigenvalue weighted by Crippen LogP contribution is 2.20. The van der Waals surface area contributed by atoms with Gasteiger partial charge in [0.1, 0.15) is 0 Å². The van der Waals surface area contributed by atoms with Crippen LogP contribution in [0.15, 0.2) is 65.2 Å². The lowest BCUT2D eigenvalue weighted by atomic mass is 10.2. The van der Waals surface area contributed by atoms with Gasteiger partial charge in [-0.1, -0.05) is 48.0 Å². The molecule has 0 fully saturated rings. The van der Waals surface area contributed by atoms with Crippen LogP contribution in [0.25, 0.3) is 11.3 Å². The van der Waals surface area contributed by atoms with Crippen LogP contribution in [-0.4, -0.2) is 10.9 Å². The highest BCUT2D eigenvalue weighted by Gasteiger charge is 2.14. The molecule has 0 aliphatic rings. The minimum atomic E-state index is -0.360. The second-order valence-electron chi connectivity index (χ2n) is 4.72. The van der Waals surface area contributed by atoms with Crippen LogP contribution >= 0.6 is 0 Å². The molecule has 1 aromatic heterocycles. The number of hydrogen-bond donors (Lipinski definition) is 1. The molecule has 4 nitrogen and oxygen atoms in total. The average molecular weight is 278 g/mol. The summed E-state index contributed by atoms with van der Waals surface area (Å²) in [5.74, 6) is 0.264. The fourth-order valence-electron chi connectivity index (χ4n) is 1.94. The van der Waals surface area contributed by atoms with Gasteiger partial charge in [-0.15, -0.1) is 0 Å². The number of rotatable bonds is 3. The fourth-order valence-corrected chi connectivity index (χ4v) is 1.94. The Bertz CT molecular complexity index is 746. The van der Waals surface area contributed by atoms with E-state index in [1.165, 1.54) is 0 Å². The van der Waals surface area contributed by atoms with Crippen LogP contribution < -0.4 is 5.32 Å². The summed E-state index contributed by atoms with van der Waals surface area (Å²) in [5, 5.41) is 2.76. The normalized spacial score (nSPS) is 10.3. The van der Waals surface area contributed by atoms with Crippen LogP contribution in [0.3, 0.4) is 0 Å². The van der Waals surface area contributed by atoms with Gasteiger partial charge >= 0.3 is 5.91 Å². The number of oxazole rings is 1. The SMILES string of the molecule is Cc1ccc(NC(=O)c2ncc(-c3ccccc3)o2)cc1. The predicted molar refractivity (Wildman–Crippen MR) is 81.1 cm³/mol. The van der Waals surface area contributed by atoms with E-state index >= 15 is 0 Å². The molecule has 3 aromatic rings. The van der Waals surface area contributed by atoms with Gasteiger partial charge in [0.05, 0.1) is 6.20 Å². The van der Waals surface area contributed by atoms with E-state index in [9.17, 15) is 4.79 Å². The van der Waals surface area contributed by atoms with E-state index < -0.39 is 0 Å². The van der Waals surface area contributed by atoms with Crippen LogP contribution in [0.2, 0.25) is 0 Å². The van der Waals surface area contributed by atoms with E-state index in [-0.39, 0.29) is 11.8 Å². The molecule has 0 aliphatic carbocycles. The molecule has 0 saturated carbocycles. The highest BCUT2D eigenvalue weighted by atomic mass is 16.4. The third-order valence-corrected chi connectivity index (χ3v) is 3.07. The molecule has 1 amide bonds. The summed E-state index contributed by atoms with van der Waals surface area (Å²) in [4.78, 5) is 16.1. The van der Waals surface area contributed by atoms with Gasteiger partial charge in [-0.05, 0) is 19.1 Å². The third kappa shape index (κ3) is 3.00. The number of benzene rings is 2. The molecule has 0 aliphatic heterocycles. The number of anilines is 1. The van der Waals surface area contributed by atoms with Crippen molar-refractivity contribution in [2.75, 3.05) is 5.32 Å². The zero-order valence-electron chi connectivity index (χ0n) is 11.5. The summed E-state index contributed by atoms with van der Waals surface area (Å²) in [6.07, 6.45) is 1.55. The zero-order valence-corrected chi connectivity index (χ0v) is 11.5. The van der Waals surface area contributed by atoms with Crippen molar-refractivity contribution in [3.8, 4) is 11.3 Å². The Kier molecular flexibility index (Phi) is 3.51. The lowest BCUT2D eigenvalue weighted by Gasteiger charge is -2.02. The highest BCUT2D eigenvalue weighted by molar-refractivity contribution is 6.01. The van der Waals surface area contributed by atoms with Gasteiger partial charge in [0.2, 0.25) is 0 Å². The Balaban J connectivity index is 1.77. The monoisotopic (exact) mass is 278 g/mol. The van der Waals surface area contributed by atoms with Crippen molar-refractivity contribution < 1.29 is 9.21 Å². The van der Waals surface area contributed by atoms with Gasteiger partial charge in [0, 0.05) is 11.3 Å². The number of aryl methyl sites for hydroxylation is 1. The van der Waals surface area contributed by atoms with E-state index in [4.69, 9.17) is 4.42 Å². The van der Waals surface area contributed by atoms with Crippen molar-refractivity contribution >= 4 is 11.6 Å². The molecule has 0 saturated heterocycles. The van der Waals surface area contributed by atoms with Crippen LogP contribution in [0.4, 0.5) is 5.69 Å². The minimum Gasteiger partial charge on any atom is -0.432 e. The summed E-state index contributed by atoms with van der Waals surface area (Å²) in [6, 6.07) is 17.1. The van der Waals surface area contributed by atoms with Crippen LogP contribution in [0, 0.1) is 6.92 Å². The topological polar surface area (TPSA) is 55.1 Å². The smallest absolute Gasteiger partial charge is 0.311 e. The molecule has 0 radical (unpaired) electrons. The summed E-state index contributed by atoms with van der Waals surface area (Å²) in [7, 11) is 0. The molecule has 3 rings (SSSR count). The Morgan fingerprint density at radius 2 is 1.76 bits per heavy atom. The summed E-state index contributed by atoms with van der Waals surface area (Å²) in [5.41, 5.74) is 2.74. The van der Waals surface area contributed by atoms with Gasteiger partial charge in [-0.25, -0.2) is 4.98 Å². The quantitative estimate of drug-likeness (QED) is 0.790. The minimum absolute atomic E-state index is 0.0504. The molecule has 4 heteroatoms. The molecule has 21 heavy (non-hydrogen) atoms. The molecule has 2 aromatic carbocycles. The predicted octanol–water partition coefficient (Wildman–Crippen LogP) is 3.90. The summed E-state index contributed by atoms with van der Waals surface area (Å²) in [6.45, 7) is 1.99. The number of carbonyl (C=O) groups excluding carboxylic acids is 1. The molecular formula is C17H14N2O2. The molecule has 0 bridgehead atoms. The van der Waals surface area contributed by atoms with Gasteiger partial charge in [-0.2, -0.15) is 0 Å². The molecule has 1 heterocycles. The molecule has 0 spiro atoms. The number of amides is 1. The van der Waals surface area contributed by atoms with Crippen LogP contribution in [-0.2, 0) is 0 Å². The van der Waals surface area contributed by atoms with Crippen molar-refractivity contribution in [3.05, 3.63) is 72.2 Å². The fraction of sp³-hybridized carbons (Fsp3) is 0.0588. The molecule has 1 N–H and O–H groups in total. The largest absolute Gasteiger partial charge is 0.432 e. The van der Waals surface area contributed by atoms with Crippen molar-refractivity contribution in [2.24, 2.45) is 0 Å². The lowest BCUT2D eigenvalue weighted by molar-refractivity contribution is 0.0991. The van der Waals surface area contributed by atoms with E-state index in [1.54, 1.807) is 6.20 Å². The van der Waals surface area contributed by atoms with E-state index in [1.807, 2.05) is 61.5 Å². The standard InChI is InChI=1S/C17H14N2O2/c1-12-7-9-14(10-8-12)19-16(20)17-18-11-15(21-17)13-5-3-2-4-6-13/h2-11H,1H3,(H,19,20). The first-order valence-electron chi connectivity index (χ1n) is 6.61. The Morgan fingerprint density at radius 1 is 1.05 bits per heavy atom. The van der Waals surface area contributed by atoms with Gasteiger partial charge < -0.3 is 9.73 Å². The van der Waals surface area contributed by atoms with Gasteiger partial charge in [0.25, 0.3) is 5.89 Å². The van der Waals surface area contributed by atoms with Crippen molar-refractivity contribution in [2.45, 2.75) is 6.92 Å². The summed E-state index contributed by atoms with van der Waals surface area (Å²) < 4.78 is 5.50. The number of aromatic nitrogens is 1. The van der Waals surface area contributed by atoms with Gasteiger partial charge in [0.15, 0.2) is 5.76 Å². The van der Waals surface area contributed by atoms with Gasteiger partial charge in [-0.3, -0.25) is 4.79 Å². The maximum atomic E-state index is 12.1. The average Bonchev–Trinajstić information content (AvgIpc) is 3.00. The number of hydrogen-bond acceptors (Lipinski definition) is 3. The number of nitrogens with zero attached hydrogens (tertiary/aromatic N) is 1. The van der Waals surface area contributed by atoms with Crippen LogP contribution in [0.1, 0.15) is 16.2 Å². The molecule has 0 atom stereocenters. The molecular weight excluding hydrogens is 264 g/mol.